The van der Waals surface area contributed by atoms with Gasteiger partial charge in [0.05, 0.1) is 11.1 Å². The predicted molar refractivity (Wildman–Crippen MR) is 108 cm³/mol. The summed E-state index contributed by atoms with van der Waals surface area (Å²) >= 11 is 0. The first kappa shape index (κ1) is 17.5. The van der Waals surface area contributed by atoms with Crippen molar-refractivity contribution in [2.24, 2.45) is 0 Å². The van der Waals surface area contributed by atoms with Gasteiger partial charge >= 0.3 is 0 Å². The van der Waals surface area contributed by atoms with Gasteiger partial charge in [-0.3, -0.25) is 14.9 Å². The molecule has 1 amide bonds. The minimum Gasteiger partial charge on any atom is -0.322 e. The van der Waals surface area contributed by atoms with Gasteiger partial charge in [0.2, 0.25) is 0 Å². The van der Waals surface area contributed by atoms with Crippen molar-refractivity contribution in [1.82, 2.24) is 20.2 Å². The Bertz CT molecular complexity index is 1220. The molecule has 1 saturated carbocycles. The lowest BCUT2D eigenvalue weighted by atomic mass is 10.1. The van der Waals surface area contributed by atoms with E-state index in [1.54, 1.807) is 19.1 Å². The molecule has 4 aromatic rings. The Morgan fingerprint density at radius 1 is 1.10 bits per heavy atom. The largest absolute Gasteiger partial charge is 0.322 e. The lowest BCUT2D eigenvalue weighted by Gasteiger charge is -2.09. The number of aromatic nitrogens is 4. The zero-order valence-corrected chi connectivity index (χ0v) is 15.7. The second-order valence-corrected chi connectivity index (χ2v) is 7.32. The lowest BCUT2D eigenvalue weighted by Crippen LogP contribution is -2.13. The molecule has 0 unspecified atom stereocenters. The molecule has 0 radical (unpaired) electrons. The Kier molecular flexibility index (Phi) is 4.08. The summed E-state index contributed by atoms with van der Waals surface area (Å²) in [5, 5.41) is 10.8. The smallest absolute Gasteiger partial charge is 0.256 e. The molecule has 0 saturated heterocycles. The van der Waals surface area contributed by atoms with Gasteiger partial charge in [-0.05, 0) is 62.2 Å². The number of amides is 1. The number of aryl methyl sites for hydroxylation is 1. The quantitative estimate of drug-likeness (QED) is 0.536. The van der Waals surface area contributed by atoms with E-state index in [0.29, 0.717) is 39.6 Å². The number of hydrogen-bond acceptors (Lipinski definition) is 4. The van der Waals surface area contributed by atoms with E-state index >= 15 is 0 Å². The number of nitrogens with zero attached hydrogens (tertiary/aromatic N) is 3. The van der Waals surface area contributed by atoms with Crippen molar-refractivity contribution in [2.75, 3.05) is 5.32 Å². The van der Waals surface area contributed by atoms with Crippen LogP contribution >= 0.6 is 0 Å². The van der Waals surface area contributed by atoms with Crippen LogP contribution in [-0.2, 0) is 0 Å². The molecule has 2 aromatic carbocycles. The third kappa shape index (κ3) is 3.47. The molecular formula is C22H18FN5O. The predicted octanol–water partition coefficient (Wildman–Crippen LogP) is 4.60. The fourth-order valence-corrected chi connectivity index (χ4v) is 3.37. The molecule has 0 aliphatic heterocycles. The van der Waals surface area contributed by atoms with Crippen molar-refractivity contribution < 1.29 is 9.18 Å². The molecule has 6 nitrogen and oxygen atoms in total. The van der Waals surface area contributed by atoms with Gasteiger partial charge in [0.15, 0.2) is 5.82 Å². The highest BCUT2D eigenvalue weighted by Crippen LogP contribution is 2.38. The fourth-order valence-electron chi connectivity index (χ4n) is 3.37. The van der Waals surface area contributed by atoms with Crippen LogP contribution in [0.2, 0.25) is 0 Å². The molecule has 5 rings (SSSR count). The number of rotatable bonds is 4. The fraction of sp³-hybridized carbons (Fsp3) is 0.182. The van der Waals surface area contributed by atoms with Gasteiger partial charge in [0.25, 0.3) is 5.91 Å². The zero-order valence-electron chi connectivity index (χ0n) is 15.7. The van der Waals surface area contributed by atoms with Crippen molar-refractivity contribution in [1.29, 1.82) is 0 Å². The van der Waals surface area contributed by atoms with Gasteiger partial charge in [-0.2, -0.15) is 5.10 Å². The summed E-state index contributed by atoms with van der Waals surface area (Å²) in [5.74, 6) is 1.46. The first-order chi connectivity index (χ1) is 14.1. The number of fused-ring (bicyclic) bond motifs is 1. The van der Waals surface area contributed by atoms with E-state index in [9.17, 15) is 9.18 Å². The highest BCUT2D eigenvalue weighted by Gasteiger charge is 2.27. The zero-order chi connectivity index (χ0) is 20.0. The Hall–Kier alpha value is -3.61. The molecule has 0 atom stereocenters. The highest BCUT2D eigenvalue weighted by atomic mass is 19.1. The Labute approximate surface area is 166 Å². The number of anilines is 1. The van der Waals surface area contributed by atoms with Gasteiger partial charge in [0, 0.05) is 34.3 Å². The number of carbonyl (C=O) groups is 1. The first-order valence-corrected chi connectivity index (χ1v) is 9.48. The summed E-state index contributed by atoms with van der Waals surface area (Å²) in [6, 6.07) is 13.3. The maximum absolute atomic E-state index is 13.5. The van der Waals surface area contributed by atoms with Crippen LogP contribution in [0, 0.1) is 12.7 Å². The van der Waals surface area contributed by atoms with Crippen molar-refractivity contribution in [3.63, 3.8) is 0 Å². The maximum Gasteiger partial charge on any atom is 0.256 e. The van der Waals surface area contributed by atoms with E-state index in [0.717, 1.165) is 24.2 Å². The van der Waals surface area contributed by atoms with Crippen LogP contribution in [0.1, 0.15) is 40.6 Å². The molecule has 2 heterocycles. The van der Waals surface area contributed by atoms with Crippen LogP contribution < -0.4 is 5.32 Å². The molecule has 1 fully saturated rings. The van der Waals surface area contributed by atoms with Crippen LogP contribution in [0.25, 0.3) is 22.3 Å². The SMILES string of the molecule is Cc1cc(C(=O)Nc2ccc(-c3n[nH]c(C4CC4)n3)cc2)c2ccc(F)cc2n1. The van der Waals surface area contributed by atoms with Gasteiger partial charge in [-0.1, -0.05) is 0 Å². The molecule has 2 aromatic heterocycles. The molecule has 0 bridgehead atoms. The number of benzene rings is 2. The van der Waals surface area contributed by atoms with Crippen LogP contribution in [-0.4, -0.2) is 26.1 Å². The van der Waals surface area contributed by atoms with Crippen molar-refractivity contribution >= 4 is 22.5 Å². The number of pyridine rings is 1. The number of aromatic amines is 1. The Morgan fingerprint density at radius 2 is 1.90 bits per heavy atom. The minimum atomic E-state index is -0.380. The average molecular weight is 387 g/mol. The molecule has 0 spiro atoms. The Balaban J connectivity index is 1.38. The molecule has 144 valence electrons. The summed E-state index contributed by atoms with van der Waals surface area (Å²) in [4.78, 5) is 21.7. The van der Waals surface area contributed by atoms with Crippen LogP contribution in [0.3, 0.4) is 0 Å². The second-order valence-electron chi connectivity index (χ2n) is 7.32. The van der Waals surface area contributed by atoms with E-state index in [1.807, 2.05) is 24.3 Å². The van der Waals surface area contributed by atoms with E-state index in [-0.39, 0.29) is 11.7 Å². The first-order valence-electron chi connectivity index (χ1n) is 9.48. The van der Waals surface area contributed by atoms with Gasteiger partial charge in [-0.25, -0.2) is 9.37 Å². The van der Waals surface area contributed by atoms with E-state index in [4.69, 9.17) is 0 Å². The number of halogens is 1. The molecule has 1 aliphatic carbocycles. The monoisotopic (exact) mass is 387 g/mol. The lowest BCUT2D eigenvalue weighted by molar-refractivity contribution is 0.102. The summed E-state index contributed by atoms with van der Waals surface area (Å²) < 4.78 is 13.5. The summed E-state index contributed by atoms with van der Waals surface area (Å²) in [6.07, 6.45) is 2.32. The summed E-state index contributed by atoms with van der Waals surface area (Å²) in [5.41, 5.74) is 3.11. The average Bonchev–Trinajstić information content (AvgIpc) is 3.44. The minimum absolute atomic E-state index is 0.270. The van der Waals surface area contributed by atoms with E-state index in [1.165, 1.54) is 12.1 Å². The number of carbonyl (C=O) groups excluding carboxylic acids is 1. The second kappa shape index (κ2) is 6.77. The Morgan fingerprint density at radius 3 is 2.66 bits per heavy atom. The molecule has 1 aliphatic rings. The molecule has 7 heteroatoms. The molecular weight excluding hydrogens is 369 g/mol. The van der Waals surface area contributed by atoms with Crippen molar-refractivity contribution in [3.05, 3.63) is 71.4 Å². The highest BCUT2D eigenvalue weighted by molar-refractivity contribution is 6.12. The van der Waals surface area contributed by atoms with E-state index < -0.39 is 0 Å². The van der Waals surface area contributed by atoms with Crippen LogP contribution in [0.5, 0.6) is 0 Å². The molecule has 29 heavy (non-hydrogen) atoms. The summed E-state index contributed by atoms with van der Waals surface area (Å²) in [6.45, 7) is 1.78. The summed E-state index contributed by atoms with van der Waals surface area (Å²) in [7, 11) is 0. The number of H-pyrrole nitrogens is 1. The maximum atomic E-state index is 13.5. The number of nitrogens with one attached hydrogen (secondary N) is 2. The standard InChI is InChI=1S/C22H18FN5O/c1-12-10-18(17-9-6-15(23)11-19(17)24-12)22(29)25-16-7-4-14(5-8-16)21-26-20(27-28-21)13-2-3-13/h4-11,13H,2-3H2,1H3,(H,25,29)(H,26,27,28). The van der Waals surface area contributed by atoms with Crippen molar-refractivity contribution in [3.8, 4) is 11.4 Å². The normalized spacial score (nSPS) is 13.6. The van der Waals surface area contributed by atoms with Crippen molar-refractivity contribution in [2.45, 2.75) is 25.7 Å². The molecule has 2 N–H and O–H groups in total. The van der Waals surface area contributed by atoms with E-state index in [2.05, 4.69) is 25.5 Å². The third-order valence-corrected chi connectivity index (χ3v) is 5.01. The van der Waals surface area contributed by atoms with Gasteiger partial charge in [0.1, 0.15) is 11.6 Å². The van der Waals surface area contributed by atoms with Crippen LogP contribution in [0.15, 0.2) is 48.5 Å². The number of hydrogen-bond donors (Lipinski definition) is 2. The van der Waals surface area contributed by atoms with Gasteiger partial charge < -0.3 is 5.32 Å². The topological polar surface area (TPSA) is 83.6 Å². The third-order valence-electron chi connectivity index (χ3n) is 5.01. The van der Waals surface area contributed by atoms with Crippen LogP contribution in [0.4, 0.5) is 10.1 Å². The van der Waals surface area contributed by atoms with Gasteiger partial charge in [-0.15, -0.1) is 0 Å².